The summed E-state index contributed by atoms with van der Waals surface area (Å²) in [6.45, 7) is 2.99. The van der Waals surface area contributed by atoms with Crippen LogP contribution in [-0.2, 0) is 4.79 Å². The summed E-state index contributed by atoms with van der Waals surface area (Å²) >= 11 is 0. The maximum atomic E-state index is 12.6. The third-order valence-corrected chi connectivity index (χ3v) is 4.08. The topological polar surface area (TPSA) is 44.1 Å². The van der Waals surface area contributed by atoms with Crippen molar-refractivity contribution < 1.29 is 4.79 Å². The third kappa shape index (κ3) is 2.46. The Labute approximate surface area is 104 Å². The van der Waals surface area contributed by atoms with Crippen molar-refractivity contribution in [2.75, 3.05) is 6.54 Å². The van der Waals surface area contributed by atoms with Crippen molar-refractivity contribution in [3.8, 4) is 6.07 Å². The molecule has 2 fully saturated rings. The molecule has 2 rings (SSSR count). The average molecular weight is 234 g/mol. The smallest absolute Gasteiger partial charge is 0.243 e. The molecule has 0 bridgehead atoms. The molecule has 0 aliphatic heterocycles. The third-order valence-electron chi connectivity index (χ3n) is 4.08. The van der Waals surface area contributed by atoms with Gasteiger partial charge in [0.05, 0.1) is 6.07 Å². The molecule has 2 aliphatic carbocycles. The zero-order valence-electron chi connectivity index (χ0n) is 10.7. The van der Waals surface area contributed by atoms with Gasteiger partial charge in [-0.3, -0.25) is 4.79 Å². The van der Waals surface area contributed by atoms with Gasteiger partial charge in [-0.2, -0.15) is 5.26 Å². The first-order chi connectivity index (χ1) is 8.23. The van der Waals surface area contributed by atoms with Gasteiger partial charge in [-0.25, -0.2) is 0 Å². The molecule has 94 valence electrons. The lowest BCUT2D eigenvalue weighted by Gasteiger charge is -2.30. The molecule has 3 nitrogen and oxygen atoms in total. The monoisotopic (exact) mass is 234 g/mol. The summed E-state index contributed by atoms with van der Waals surface area (Å²) in [5.74, 6) is 0.133. The van der Waals surface area contributed by atoms with Crippen LogP contribution in [0.15, 0.2) is 0 Å². The minimum absolute atomic E-state index is 0.133. The number of carbonyl (C=O) groups is 1. The lowest BCUT2D eigenvalue weighted by molar-refractivity contribution is -0.139. The predicted molar refractivity (Wildman–Crippen MR) is 66.2 cm³/mol. The second-order valence-electron chi connectivity index (χ2n) is 5.48. The largest absolute Gasteiger partial charge is 0.338 e. The highest BCUT2D eigenvalue weighted by Gasteiger charge is 2.46. The van der Waals surface area contributed by atoms with Gasteiger partial charge in [-0.05, 0) is 32.1 Å². The second kappa shape index (κ2) is 5.08. The highest BCUT2D eigenvalue weighted by Crippen LogP contribution is 2.41. The Kier molecular flexibility index (Phi) is 3.71. The molecule has 2 saturated carbocycles. The molecule has 0 saturated heterocycles. The zero-order valence-corrected chi connectivity index (χ0v) is 10.7. The zero-order chi connectivity index (χ0) is 12.3. The van der Waals surface area contributed by atoms with E-state index in [0.717, 1.165) is 57.9 Å². The molecule has 17 heavy (non-hydrogen) atoms. The summed E-state index contributed by atoms with van der Waals surface area (Å²) in [6, 6.07) is 2.77. The summed E-state index contributed by atoms with van der Waals surface area (Å²) in [7, 11) is 0. The van der Waals surface area contributed by atoms with Gasteiger partial charge in [-0.15, -0.1) is 0 Å². The van der Waals surface area contributed by atoms with Crippen LogP contribution >= 0.6 is 0 Å². The maximum absolute atomic E-state index is 12.6. The molecule has 0 aromatic rings. The van der Waals surface area contributed by atoms with Gasteiger partial charge in [0.25, 0.3) is 0 Å². The Bertz CT molecular complexity index is 322. The van der Waals surface area contributed by atoms with Gasteiger partial charge in [-0.1, -0.05) is 26.2 Å². The molecule has 0 heterocycles. The van der Waals surface area contributed by atoms with E-state index in [1.54, 1.807) is 0 Å². The maximum Gasteiger partial charge on any atom is 0.243 e. The van der Waals surface area contributed by atoms with E-state index in [2.05, 4.69) is 13.0 Å². The van der Waals surface area contributed by atoms with Crippen molar-refractivity contribution in [1.82, 2.24) is 4.90 Å². The summed E-state index contributed by atoms with van der Waals surface area (Å²) in [4.78, 5) is 14.6. The Balaban J connectivity index is 2.07. The van der Waals surface area contributed by atoms with Crippen LogP contribution in [0.1, 0.15) is 58.3 Å². The van der Waals surface area contributed by atoms with Crippen molar-refractivity contribution in [3.05, 3.63) is 0 Å². The highest BCUT2D eigenvalue weighted by atomic mass is 16.2. The molecule has 3 heteroatoms. The van der Waals surface area contributed by atoms with Crippen LogP contribution in [0.25, 0.3) is 0 Å². The van der Waals surface area contributed by atoms with Gasteiger partial charge in [0.1, 0.15) is 5.41 Å². The molecule has 0 unspecified atom stereocenters. The van der Waals surface area contributed by atoms with Crippen LogP contribution < -0.4 is 0 Å². The molecule has 0 aromatic heterocycles. The van der Waals surface area contributed by atoms with Crippen LogP contribution in [0.2, 0.25) is 0 Å². The molecule has 0 aromatic carbocycles. The first kappa shape index (κ1) is 12.4. The van der Waals surface area contributed by atoms with Crippen molar-refractivity contribution in [2.24, 2.45) is 5.41 Å². The molecule has 2 aliphatic rings. The average Bonchev–Trinajstić information content (AvgIpc) is 3.07. The molecular weight excluding hydrogens is 212 g/mol. The van der Waals surface area contributed by atoms with Gasteiger partial charge < -0.3 is 4.90 Å². The van der Waals surface area contributed by atoms with E-state index in [-0.39, 0.29) is 5.91 Å². The molecule has 0 radical (unpaired) electrons. The number of nitrogens with zero attached hydrogens (tertiary/aromatic N) is 2. The van der Waals surface area contributed by atoms with E-state index >= 15 is 0 Å². The normalized spacial score (nSPS) is 22.1. The Morgan fingerprint density at radius 3 is 2.53 bits per heavy atom. The number of hydrogen-bond acceptors (Lipinski definition) is 2. The summed E-state index contributed by atoms with van der Waals surface area (Å²) in [5, 5.41) is 9.37. The van der Waals surface area contributed by atoms with E-state index < -0.39 is 5.41 Å². The van der Waals surface area contributed by atoms with Crippen LogP contribution in [0.4, 0.5) is 0 Å². The van der Waals surface area contributed by atoms with E-state index in [0.29, 0.717) is 6.04 Å². The minimum atomic E-state index is -0.670. The first-order valence-electron chi connectivity index (χ1n) is 6.96. The fraction of sp³-hybridized carbons (Fsp3) is 0.857. The second-order valence-corrected chi connectivity index (χ2v) is 5.48. The van der Waals surface area contributed by atoms with Gasteiger partial charge in [0.2, 0.25) is 5.91 Å². The molecule has 0 spiro atoms. The number of unbranched alkanes of at least 4 members (excludes halogenated alkanes) is 1. The standard InChI is InChI=1S/C14H22N2O/c1-2-3-10-16(12-6-7-12)13(17)14(11-15)8-4-5-9-14/h12H,2-10H2,1H3. The van der Waals surface area contributed by atoms with Crippen molar-refractivity contribution in [3.63, 3.8) is 0 Å². The lowest BCUT2D eigenvalue weighted by atomic mass is 9.86. The highest BCUT2D eigenvalue weighted by molar-refractivity contribution is 5.86. The van der Waals surface area contributed by atoms with Crippen LogP contribution in [0.5, 0.6) is 0 Å². The fourth-order valence-corrected chi connectivity index (χ4v) is 2.79. The number of carbonyl (C=O) groups excluding carboxylic acids is 1. The van der Waals surface area contributed by atoms with Crippen LogP contribution in [-0.4, -0.2) is 23.4 Å². The number of rotatable bonds is 5. The predicted octanol–water partition coefficient (Wildman–Crippen LogP) is 2.86. The fourth-order valence-electron chi connectivity index (χ4n) is 2.79. The molecule has 1 amide bonds. The summed E-state index contributed by atoms with van der Waals surface area (Å²) in [5.41, 5.74) is -0.670. The summed E-state index contributed by atoms with van der Waals surface area (Å²) < 4.78 is 0. The Morgan fingerprint density at radius 1 is 1.41 bits per heavy atom. The van der Waals surface area contributed by atoms with Crippen LogP contribution in [0, 0.1) is 16.7 Å². The van der Waals surface area contributed by atoms with E-state index in [4.69, 9.17) is 0 Å². The van der Waals surface area contributed by atoms with Crippen molar-refractivity contribution >= 4 is 5.91 Å². The molecular formula is C14H22N2O. The Morgan fingerprint density at radius 2 is 2.06 bits per heavy atom. The molecule has 0 N–H and O–H groups in total. The van der Waals surface area contributed by atoms with Crippen LogP contribution in [0.3, 0.4) is 0 Å². The van der Waals surface area contributed by atoms with E-state index in [1.807, 2.05) is 4.90 Å². The van der Waals surface area contributed by atoms with Crippen molar-refractivity contribution in [1.29, 1.82) is 5.26 Å². The quantitative estimate of drug-likeness (QED) is 0.734. The van der Waals surface area contributed by atoms with Gasteiger partial charge in [0, 0.05) is 12.6 Å². The van der Waals surface area contributed by atoms with Gasteiger partial charge in [0.15, 0.2) is 0 Å². The molecule has 0 atom stereocenters. The first-order valence-corrected chi connectivity index (χ1v) is 6.96. The van der Waals surface area contributed by atoms with E-state index in [9.17, 15) is 10.1 Å². The SMILES string of the molecule is CCCCN(C(=O)C1(C#N)CCCC1)C1CC1. The number of amides is 1. The van der Waals surface area contributed by atoms with E-state index in [1.165, 1.54) is 0 Å². The minimum Gasteiger partial charge on any atom is -0.338 e. The number of nitriles is 1. The van der Waals surface area contributed by atoms with Gasteiger partial charge >= 0.3 is 0 Å². The number of hydrogen-bond donors (Lipinski definition) is 0. The Hall–Kier alpha value is -1.04. The lowest BCUT2D eigenvalue weighted by Crippen LogP contribution is -2.43. The summed E-state index contributed by atoms with van der Waals surface area (Å²) in [6.07, 6.45) is 8.06. The van der Waals surface area contributed by atoms with Crippen molar-refractivity contribution in [2.45, 2.75) is 64.3 Å².